The summed E-state index contributed by atoms with van der Waals surface area (Å²) in [6.45, 7) is 1.88. The van der Waals surface area contributed by atoms with Gasteiger partial charge >= 0.3 is 0 Å². The zero-order valence-electron chi connectivity index (χ0n) is 8.44. The van der Waals surface area contributed by atoms with E-state index in [0.717, 1.165) is 25.9 Å². The van der Waals surface area contributed by atoms with Crippen molar-refractivity contribution in [1.82, 2.24) is 10.3 Å². The Hall–Kier alpha value is -1.60. The molecule has 1 aliphatic heterocycles. The van der Waals surface area contributed by atoms with Crippen molar-refractivity contribution in [1.29, 1.82) is 5.26 Å². The summed E-state index contributed by atoms with van der Waals surface area (Å²) in [5.74, 6) is 0.452. The number of nitriles is 1. The van der Waals surface area contributed by atoms with Crippen molar-refractivity contribution in [3.05, 3.63) is 23.9 Å². The van der Waals surface area contributed by atoms with E-state index in [9.17, 15) is 0 Å². The van der Waals surface area contributed by atoms with Crippen LogP contribution in [0.5, 0.6) is 5.88 Å². The van der Waals surface area contributed by atoms with Gasteiger partial charge in [0.15, 0.2) is 0 Å². The fraction of sp³-hybridized carbons (Fsp3) is 0.455. The Morgan fingerprint density at radius 2 is 2.53 bits per heavy atom. The third kappa shape index (κ3) is 2.45. The van der Waals surface area contributed by atoms with Crippen LogP contribution in [0.25, 0.3) is 0 Å². The Kier molecular flexibility index (Phi) is 3.15. The number of nitrogens with one attached hydrogen (secondary N) is 1. The lowest BCUT2D eigenvalue weighted by molar-refractivity contribution is 0.160. The van der Waals surface area contributed by atoms with Crippen LogP contribution in [0, 0.1) is 11.3 Å². The molecule has 1 atom stereocenters. The van der Waals surface area contributed by atoms with Crippen molar-refractivity contribution in [2.24, 2.45) is 0 Å². The minimum Gasteiger partial charge on any atom is -0.472 e. The summed E-state index contributed by atoms with van der Waals surface area (Å²) in [6.07, 6.45) is 3.92. The van der Waals surface area contributed by atoms with Crippen molar-refractivity contribution in [3.63, 3.8) is 0 Å². The van der Waals surface area contributed by atoms with Crippen molar-refractivity contribution in [3.8, 4) is 11.9 Å². The van der Waals surface area contributed by atoms with E-state index in [0.29, 0.717) is 11.4 Å². The molecule has 0 aliphatic carbocycles. The lowest BCUT2D eigenvalue weighted by atomic mass is 10.1. The van der Waals surface area contributed by atoms with Crippen LogP contribution in [0.2, 0.25) is 0 Å². The van der Waals surface area contributed by atoms with Gasteiger partial charge in [-0.2, -0.15) is 5.26 Å². The number of ether oxygens (including phenoxy) is 1. The van der Waals surface area contributed by atoms with Gasteiger partial charge in [0, 0.05) is 12.7 Å². The zero-order chi connectivity index (χ0) is 10.5. The van der Waals surface area contributed by atoms with Gasteiger partial charge in [-0.3, -0.25) is 0 Å². The Morgan fingerprint density at radius 1 is 1.60 bits per heavy atom. The maximum atomic E-state index is 8.86. The van der Waals surface area contributed by atoms with Crippen molar-refractivity contribution in [2.45, 2.75) is 18.9 Å². The van der Waals surface area contributed by atoms with Crippen molar-refractivity contribution < 1.29 is 4.74 Å². The smallest absolute Gasteiger partial charge is 0.231 e. The molecule has 1 aromatic heterocycles. The average molecular weight is 203 g/mol. The second kappa shape index (κ2) is 4.76. The zero-order valence-corrected chi connectivity index (χ0v) is 8.44. The van der Waals surface area contributed by atoms with Crippen LogP contribution in [-0.4, -0.2) is 24.2 Å². The molecule has 0 spiro atoms. The number of aromatic nitrogens is 1. The van der Waals surface area contributed by atoms with E-state index in [1.54, 1.807) is 18.3 Å². The first-order chi connectivity index (χ1) is 7.40. The Bertz CT molecular complexity index is 366. The van der Waals surface area contributed by atoms with Gasteiger partial charge in [0.05, 0.1) is 0 Å². The number of nitrogens with zero attached hydrogens (tertiary/aromatic N) is 2. The minimum absolute atomic E-state index is 0.140. The molecule has 0 saturated carbocycles. The highest BCUT2D eigenvalue weighted by atomic mass is 16.5. The van der Waals surface area contributed by atoms with Gasteiger partial charge < -0.3 is 10.1 Å². The molecule has 4 heteroatoms. The molecule has 0 aromatic carbocycles. The molecule has 15 heavy (non-hydrogen) atoms. The van der Waals surface area contributed by atoms with Crippen LogP contribution in [-0.2, 0) is 0 Å². The lowest BCUT2D eigenvalue weighted by Gasteiger charge is -2.23. The van der Waals surface area contributed by atoms with E-state index in [1.165, 1.54) is 0 Å². The Morgan fingerprint density at radius 3 is 3.27 bits per heavy atom. The van der Waals surface area contributed by atoms with Crippen molar-refractivity contribution in [2.75, 3.05) is 13.1 Å². The second-order valence-corrected chi connectivity index (χ2v) is 3.55. The lowest BCUT2D eigenvalue weighted by Crippen LogP contribution is -2.37. The predicted molar refractivity (Wildman–Crippen MR) is 55.5 cm³/mol. The quantitative estimate of drug-likeness (QED) is 0.781. The maximum absolute atomic E-state index is 8.86. The molecule has 1 aliphatic rings. The molecular formula is C11H13N3O. The van der Waals surface area contributed by atoms with Crippen LogP contribution >= 0.6 is 0 Å². The predicted octanol–water partition coefficient (Wildman–Crippen LogP) is 1.08. The van der Waals surface area contributed by atoms with Gasteiger partial charge in [0.2, 0.25) is 5.88 Å². The van der Waals surface area contributed by atoms with E-state index in [1.807, 2.05) is 0 Å². The highest BCUT2D eigenvalue weighted by Gasteiger charge is 2.16. The highest BCUT2D eigenvalue weighted by Crippen LogP contribution is 2.16. The standard InChI is InChI=1S/C11H13N3O/c12-7-9-3-1-6-14-11(9)15-10-4-2-5-13-8-10/h1,3,6,10,13H,2,4-5,8H2/t10-/m0/s1. The third-order valence-corrected chi connectivity index (χ3v) is 2.42. The third-order valence-electron chi connectivity index (χ3n) is 2.42. The van der Waals surface area contributed by atoms with Crippen LogP contribution in [0.15, 0.2) is 18.3 Å². The largest absolute Gasteiger partial charge is 0.472 e. The Balaban J connectivity index is 2.06. The van der Waals surface area contributed by atoms with Crippen LogP contribution in [0.1, 0.15) is 18.4 Å². The normalized spacial score (nSPS) is 20.6. The van der Waals surface area contributed by atoms with E-state index >= 15 is 0 Å². The molecule has 2 rings (SSSR count). The number of hydrogen-bond donors (Lipinski definition) is 1. The van der Waals surface area contributed by atoms with Crippen LogP contribution in [0.4, 0.5) is 0 Å². The Labute approximate surface area is 88.9 Å². The molecular weight excluding hydrogens is 190 g/mol. The maximum Gasteiger partial charge on any atom is 0.231 e. The minimum atomic E-state index is 0.140. The second-order valence-electron chi connectivity index (χ2n) is 3.55. The van der Waals surface area contributed by atoms with Crippen molar-refractivity contribution >= 4 is 0 Å². The first-order valence-corrected chi connectivity index (χ1v) is 5.12. The van der Waals surface area contributed by atoms with Gasteiger partial charge in [-0.25, -0.2) is 4.98 Å². The molecule has 4 nitrogen and oxygen atoms in total. The average Bonchev–Trinajstić information content (AvgIpc) is 2.31. The van der Waals surface area contributed by atoms with E-state index in [-0.39, 0.29) is 6.10 Å². The summed E-state index contributed by atoms with van der Waals surface area (Å²) >= 11 is 0. The van der Waals surface area contributed by atoms with Gasteiger partial charge in [-0.05, 0) is 31.5 Å². The number of hydrogen-bond acceptors (Lipinski definition) is 4. The van der Waals surface area contributed by atoms with E-state index in [2.05, 4.69) is 16.4 Å². The monoisotopic (exact) mass is 203 g/mol. The molecule has 0 bridgehead atoms. The summed E-state index contributed by atoms with van der Waals surface area (Å²) in [5.41, 5.74) is 0.503. The van der Waals surface area contributed by atoms with Crippen LogP contribution < -0.4 is 10.1 Å². The SMILES string of the molecule is N#Cc1cccnc1O[C@H]1CCCNC1. The summed E-state index contributed by atoms with van der Waals surface area (Å²) < 4.78 is 5.68. The summed E-state index contributed by atoms with van der Waals surface area (Å²) in [5, 5.41) is 12.1. The fourth-order valence-electron chi connectivity index (χ4n) is 1.65. The topological polar surface area (TPSA) is 57.9 Å². The molecule has 1 saturated heterocycles. The number of rotatable bonds is 2. The molecule has 0 amide bonds. The fourth-order valence-corrected chi connectivity index (χ4v) is 1.65. The molecule has 0 radical (unpaired) electrons. The number of piperidine rings is 1. The molecule has 0 unspecified atom stereocenters. The molecule has 1 aromatic rings. The first-order valence-electron chi connectivity index (χ1n) is 5.12. The van der Waals surface area contributed by atoms with Gasteiger partial charge in [-0.1, -0.05) is 0 Å². The van der Waals surface area contributed by atoms with Gasteiger partial charge in [0.25, 0.3) is 0 Å². The summed E-state index contributed by atoms with van der Waals surface area (Å²) in [6, 6.07) is 5.54. The van der Waals surface area contributed by atoms with Gasteiger partial charge in [0.1, 0.15) is 17.7 Å². The van der Waals surface area contributed by atoms with Gasteiger partial charge in [-0.15, -0.1) is 0 Å². The summed E-state index contributed by atoms with van der Waals surface area (Å²) in [4.78, 5) is 4.07. The van der Waals surface area contributed by atoms with E-state index < -0.39 is 0 Å². The van der Waals surface area contributed by atoms with Crippen LogP contribution in [0.3, 0.4) is 0 Å². The molecule has 1 fully saturated rings. The number of pyridine rings is 1. The van der Waals surface area contributed by atoms with E-state index in [4.69, 9.17) is 10.00 Å². The summed E-state index contributed by atoms with van der Waals surface area (Å²) in [7, 11) is 0. The first kappa shape index (κ1) is 9.94. The molecule has 1 N–H and O–H groups in total. The molecule has 78 valence electrons. The highest BCUT2D eigenvalue weighted by molar-refractivity contribution is 5.37. The molecule has 2 heterocycles.